The summed E-state index contributed by atoms with van der Waals surface area (Å²) in [6.07, 6.45) is -0.586. The van der Waals surface area contributed by atoms with Crippen LogP contribution in [0.2, 0.25) is 0 Å². The molecule has 0 unspecified atom stereocenters. The second-order valence-corrected chi connectivity index (χ2v) is 7.52. The number of cyclic esters (lactones) is 1. The molecule has 170 valence electrons. The zero-order valence-corrected chi connectivity index (χ0v) is 18.4. The van der Waals surface area contributed by atoms with E-state index in [-0.39, 0.29) is 12.3 Å². The van der Waals surface area contributed by atoms with Crippen molar-refractivity contribution in [2.45, 2.75) is 26.4 Å². The highest BCUT2D eigenvalue weighted by molar-refractivity contribution is 5.97. The average molecular weight is 440 g/mol. The van der Waals surface area contributed by atoms with Crippen molar-refractivity contribution < 1.29 is 28.5 Å². The number of amides is 1. The highest BCUT2D eigenvalue weighted by Crippen LogP contribution is 2.40. The fourth-order valence-electron chi connectivity index (χ4n) is 3.99. The van der Waals surface area contributed by atoms with Gasteiger partial charge in [0.1, 0.15) is 17.6 Å². The van der Waals surface area contributed by atoms with Crippen molar-refractivity contribution in [1.82, 2.24) is 0 Å². The van der Waals surface area contributed by atoms with Gasteiger partial charge < -0.3 is 29.2 Å². The molecule has 1 amide bonds. The Morgan fingerprint density at radius 3 is 2.56 bits per heavy atom. The molecule has 1 saturated heterocycles. The van der Waals surface area contributed by atoms with Gasteiger partial charge in [-0.1, -0.05) is 18.2 Å². The van der Waals surface area contributed by atoms with Gasteiger partial charge in [0.15, 0.2) is 0 Å². The number of anilines is 2. The first kappa shape index (κ1) is 22.0. The maximum atomic E-state index is 12.9. The van der Waals surface area contributed by atoms with Gasteiger partial charge in [0, 0.05) is 30.8 Å². The van der Waals surface area contributed by atoms with Crippen LogP contribution in [0, 0.1) is 0 Å². The average Bonchev–Trinajstić information content (AvgIpc) is 3.11. The number of nitrogens with one attached hydrogen (secondary N) is 1. The van der Waals surface area contributed by atoms with Crippen LogP contribution in [0.1, 0.15) is 42.3 Å². The quantitative estimate of drug-likeness (QED) is 0.628. The molecule has 1 atom stereocenters. The number of carbonyl (C=O) groups excluding carboxylic acids is 2. The van der Waals surface area contributed by atoms with E-state index in [9.17, 15) is 9.59 Å². The Hall–Kier alpha value is -3.26. The molecule has 0 spiro atoms. The van der Waals surface area contributed by atoms with Gasteiger partial charge >= 0.3 is 5.97 Å². The Morgan fingerprint density at radius 2 is 1.81 bits per heavy atom. The van der Waals surface area contributed by atoms with Gasteiger partial charge in [-0.3, -0.25) is 4.79 Å². The highest BCUT2D eigenvalue weighted by Gasteiger charge is 2.32. The summed E-state index contributed by atoms with van der Waals surface area (Å²) in [5.41, 5.74) is 2.68. The lowest BCUT2D eigenvalue weighted by molar-refractivity contribution is -0.118. The fourth-order valence-corrected chi connectivity index (χ4v) is 3.99. The minimum Gasteiger partial charge on any atom is -0.492 e. The SMILES string of the molecule is CCOc1cc(N2CCOCC2)c(OCC)cc1NC(=O)C[C@H]1OC(=O)c2ccccc21. The Balaban J connectivity index is 1.56. The number of morpholine rings is 1. The number of ether oxygens (including phenoxy) is 4. The predicted molar refractivity (Wildman–Crippen MR) is 120 cm³/mol. The van der Waals surface area contributed by atoms with Gasteiger partial charge in [-0.25, -0.2) is 4.79 Å². The zero-order chi connectivity index (χ0) is 22.5. The molecule has 2 heterocycles. The van der Waals surface area contributed by atoms with Crippen molar-refractivity contribution in [2.75, 3.05) is 49.7 Å². The van der Waals surface area contributed by atoms with E-state index in [2.05, 4.69) is 10.2 Å². The molecule has 4 rings (SSSR count). The molecule has 0 saturated carbocycles. The molecule has 2 aromatic rings. The number of fused-ring (bicyclic) bond motifs is 1. The topological polar surface area (TPSA) is 86.3 Å². The largest absolute Gasteiger partial charge is 0.492 e. The van der Waals surface area contributed by atoms with Gasteiger partial charge in [-0.15, -0.1) is 0 Å². The number of benzene rings is 2. The molecule has 2 aromatic carbocycles. The summed E-state index contributed by atoms with van der Waals surface area (Å²) < 4.78 is 22.6. The Bertz CT molecular complexity index is 986. The highest BCUT2D eigenvalue weighted by atomic mass is 16.5. The Kier molecular flexibility index (Phi) is 6.80. The number of rotatable bonds is 8. The van der Waals surface area contributed by atoms with Crippen LogP contribution in [0.15, 0.2) is 36.4 Å². The maximum Gasteiger partial charge on any atom is 0.339 e. The molecule has 32 heavy (non-hydrogen) atoms. The molecule has 8 heteroatoms. The predicted octanol–water partition coefficient (Wildman–Crippen LogP) is 3.56. The molecule has 1 N–H and O–H groups in total. The van der Waals surface area contributed by atoms with Gasteiger partial charge in [0.25, 0.3) is 0 Å². The Morgan fingerprint density at radius 1 is 1.09 bits per heavy atom. The third-order valence-corrected chi connectivity index (χ3v) is 5.43. The van der Waals surface area contributed by atoms with E-state index in [0.29, 0.717) is 49.2 Å². The summed E-state index contributed by atoms with van der Waals surface area (Å²) in [6, 6.07) is 10.8. The number of hydrogen-bond donors (Lipinski definition) is 1. The lowest BCUT2D eigenvalue weighted by Gasteiger charge is -2.31. The number of carbonyl (C=O) groups is 2. The van der Waals surface area contributed by atoms with E-state index in [0.717, 1.165) is 24.3 Å². The van der Waals surface area contributed by atoms with E-state index in [1.54, 1.807) is 18.2 Å². The van der Waals surface area contributed by atoms with Gasteiger partial charge in [-0.05, 0) is 19.9 Å². The van der Waals surface area contributed by atoms with E-state index < -0.39 is 12.1 Å². The van der Waals surface area contributed by atoms with E-state index in [1.807, 2.05) is 32.0 Å². The van der Waals surface area contributed by atoms with Crippen LogP contribution < -0.4 is 19.7 Å². The third kappa shape index (κ3) is 4.65. The van der Waals surface area contributed by atoms with Crippen molar-refractivity contribution in [2.24, 2.45) is 0 Å². The normalized spacial score (nSPS) is 17.5. The molecule has 0 radical (unpaired) electrons. The first-order valence-corrected chi connectivity index (χ1v) is 11.0. The van der Waals surface area contributed by atoms with Crippen LogP contribution in [0.4, 0.5) is 11.4 Å². The molecule has 0 aliphatic carbocycles. The number of esters is 1. The monoisotopic (exact) mass is 440 g/mol. The second-order valence-electron chi connectivity index (χ2n) is 7.52. The van der Waals surface area contributed by atoms with Crippen LogP contribution in [0.3, 0.4) is 0 Å². The van der Waals surface area contributed by atoms with Crippen molar-refractivity contribution in [3.63, 3.8) is 0 Å². The Labute approximate surface area is 187 Å². The molecule has 1 fully saturated rings. The molecular weight excluding hydrogens is 412 g/mol. The van der Waals surface area contributed by atoms with Crippen LogP contribution in [0.25, 0.3) is 0 Å². The van der Waals surface area contributed by atoms with E-state index in [1.165, 1.54) is 0 Å². The van der Waals surface area contributed by atoms with Gasteiger partial charge in [-0.2, -0.15) is 0 Å². The third-order valence-electron chi connectivity index (χ3n) is 5.43. The van der Waals surface area contributed by atoms with Gasteiger partial charge in [0.05, 0.1) is 49.8 Å². The van der Waals surface area contributed by atoms with Crippen molar-refractivity contribution in [3.05, 3.63) is 47.5 Å². The smallest absolute Gasteiger partial charge is 0.339 e. The minimum atomic E-state index is -0.603. The minimum absolute atomic E-state index is 0.0174. The molecule has 2 aliphatic rings. The van der Waals surface area contributed by atoms with Crippen molar-refractivity contribution >= 4 is 23.3 Å². The first-order valence-electron chi connectivity index (χ1n) is 11.0. The van der Waals surface area contributed by atoms with Crippen LogP contribution in [-0.2, 0) is 14.3 Å². The van der Waals surface area contributed by atoms with Crippen LogP contribution in [0.5, 0.6) is 11.5 Å². The standard InChI is InChI=1S/C24H28N2O6/c1-3-30-21-14-19(26-9-11-29-12-10-26)22(31-4-2)13-18(21)25-23(27)15-20-16-7-5-6-8-17(16)24(28)32-20/h5-8,13-14,20H,3-4,9-12,15H2,1-2H3,(H,25,27)/t20-/m1/s1. The summed E-state index contributed by atoms with van der Waals surface area (Å²) in [4.78, 5) is 27.1. The van der Waals surface area contributed by atoms with Crippen molar-refractivity contribution in [1.29, 1.82) is 0 Å². The zero-order valence-electron chi connectivity index (χ0n) is 18.4. The molecule has 0 bridgehead atoms. The maximum absolute atomic E-state index is 12.9. The fraction of sp³-hybridized carbons (Fsp3) is 0.417. The summed E-state index contributed by atoms with van der Waals surface area (Å²) >= 11 is 0. The molecule has 0 aromatic heterocycles. The molecular formula is C24H28N2O6. The molecule has 2 aliphatic heterocycles. The summed E-state index contributed by atoms with van der Waals surface area (Å²) in [6.45, 7) is 7.56. The van der Waals surface area contributed by atoms with E-state index in [4.69, 9.17) is 18.9 Å². The first-order chi connectivity index (χ1) is 15.6. The number of nitrogens with zero attached hydrogens (tertiary/aromatic N) is 1. The summed E-state index contributed by atoms with van der Waals surface area (Å²) in [5.74, 6) is 0.560. The van der Waals surface area contributed by atoms with E-state index >= 15 is 0 Å². The molecule has 8 nitrogen and oxygen atoms in total. The number of hydrogen-bond acceptors (Lipinski definition) is 7. The summed E-state index contributed by atoms with van der Waals surface area (Å²) in [7, 11) is 0. The van der Waals surface area contributed by atoms with Crippen molar-refractivity contribution in [3.8, 4) is 11.5 Å². The lowest BCUT2D eigenvalue weighted by Crippen LogP contribution is -2.36. The van der Waals surface area contributed by atoms with Crippen LogP contribution in [-0.4, -0.2) is 51.4 Å². The van der Waals surface area contributed by atoms with Crippen LogP contribution >= 0.6 is 0 Å². The van der Waals surface area contributed by atoms with Gasteiger partial charge in [0.2, 0.25) is 5.91 Å². The summed E-state index contributed by atoms with van der Waals surface area (Å²) in [5, 5.41) is 2.92. The lowest BCUT2D eigenvalue weighted by atomic mass is 10.0. The second kappa shape index (κ2) is 9.91.